The van der Waals surface area contributed by atoms with Crippen molar-refractivity contribution >= 4 is 25.2 Å². The standard InChI is InChI=1S/C27H25FNO5P/c1-17-25(18-9-11-21(28)12-10-18)23(13-14-35(33,34)16-22(30)15-24(31)32)27(20-7-8-20)29-26(17)19-5-3-2-4-6-19/h2-6,9-14,20H,7-8,15-16H2,1H3,(H,31,32)(H,33,34). The SMILES string of the molecule is Cc1c(-c2ccccc2)nc(C2CC2)c(C=CP(=O)(O)CC(=O)CC(=O)O)c1-c1ccc(F)cc1. The molecule has 0 amide bonds. The lowest BCUT2D eigenvalue weighted by Gasteiger charge is -2.19. The molecule has 1 unspecified atom stereocenters. The van der Waals surface area contributed by atoms with Gasteiger partial charge in [-0.1, -0.05) is 42.5 Å². The van der Waals surface area contributed by atoms with E-state index in [2.05, 4.69) is 0 Å². The van der Waals surface area contributed by atoms with E-state index in [1.54, 1.807) is 12.1 Å². The first-order valence-corrected chi connectivity index (χ1v) is 13.2. The number of carbonyl (C=O) groups excluding carboxylic acids is 1. The molecule has 4 rings (SSSR count). The van der Waals surface area contributed by atoms with Gasteiger partial charge in [0.15, 0.2) is 5.78 Å². The van der Waals surface area contributed by atoms with Crippen molar-refractivity contribution in [3.63, 3.8) is 0 Å². The molecule has 1 atom stereocenters. The topological polar surface area (TPSA) is 105 Å². The number of benzene rings is 2. The number of hydrogen-bond acceptors (Lipinski definition) is 4. The van der Waals surface area contributed by atoms with Gasteiger partial charge in [0.25, 0.3) is 0 Å². The van der Waals surface area contributed by atoms with Crippen molar-refractivity contribution in [3.8, 4) is 22.4 Å². The molecule has 1 heterocycles. The Labute approximate surface area is 202 Å². The number of carboxylic acid groups (broad SMARTS) is 1. The fourth-order valence-corrected chi connectivity index (χ4v) is 5.24. The second-order valence-electron chi connectivity index (χ2n) is 8.75. The van der Waals surface area contributed by atoms with Crippen LogP contribution in [0.15, 0.2) is 60.4 Å². The number of aliphatic carboxylic acids is 1. The lowest BCUT2D eigenvalue weighted by Crippen LogP contribution is -2.10. The van der Waals surface area contributed by atoms with Crippen LogP contribution < -0.4 is 0 Å². The maximum atomic E-state index is 13.7. The summed E-state index contributed by atoms with van der Waals surface area (Å²) in [6, 6.07) is 15.8. The van der Waals surface area contributed by atoms with Crippen LogP contribution in [0.25, 0.3) is 28.5 Å². The van der Waals surface area contributed by atoms with Gasteiger partial charge in [0.1, 0.15) is 12.2 Å². The fourth-order valence-electron chi connectivity index (χ4n) is 4.14. The van der Waals surface area contributed by atoms with E-state index < -0.39 is 31.7 Å². The van der Waals surface area contributed by atoms with Crippen LogP contribution in [-0.4, -0.2) is 32.9 Å². The van der Waals surface area contributed by atoms with Crippen LogP contribution in [0.2, 0.25) is 0 Å². The third kappa shape index (κ3) is 5.99. The molecule has 2 aromatic carbocycles. The van der Waals surface area contributed by atoms with Crippen LogP contribution in [0.4, 0.5) is 4.39 Å². The lowest BCUT2D eigenvalue weighted by molar-refractivity contribution is -0.139. The number of carbonyl (C=O) groups is 2. The number of pyridine rings is 1. The van der Waals surface area contributed by atoms with Crippen molar-refractivity contribution in [2.45, 2.75) is 32.1 Å². The Morgan fingerprint density at radius 3 is 2.34 bits per heavy atom. The van der Waals surface area contributed by atoms with E-state index in [4.69, 9.17) is 10.1 Å². The quantitative estimate of drug-likeness (QED) is 0.279. The van der Waals surface area contributed by atoms with Crippen LogP contribution in [0, 0.1) is 12.7 Å². The highest BCUT2D eigenvalue weighted by Crippen LogP contribution is 2.48. The molecule has 1 aromatic heterocycles. The Morgan fingerprint density at radius 2 is 1.74 bits per heavy atom. The van der Waals surface area contributed by atoms with Gasteiger partial charge < -0.3 is 10.00 Å². The zero-order valence-electron chi connectivity index (χ0n) is 19.1. The minimum atomic E-state index is -4.09. The van der Waals surface area contributed by atoms with Gasteiger partial charge in [-0.3, -0.25) is 19.1 Å². The Balaban J connectivity index is 1.87. The maximum absolute atomic E-state index is 13.7. The van der Waals surface area contributed by atoms with Crippen molar-refractivity contribution in [3.05, 3.63) is 83.1 Å². The predicted octanol–water partition coefficient (Wildman–Crippen LogP) is 6.03. The summed E-state index contributed by atoms with van der Waals surface area (Å²) in [5.74, 6) is -1.26. The summed E-state index contributed by atoms with van der Waals surface area (Å²) < 4.78 is 26.4. The molecule has 35 heavy (non-hydrogen) atoms. The molecule has 180 valence electrons. The van der Waals surface area contributed by atoms with Crippen molar-refractivity contribution in [1.82, 2.24) is 4.98 Å². The predicted molar refractivity (Wildman–Crippen MR) is 133 cm³/mol. The summed E-state index contributed by atoms with van der Waals surface area (Å²) in [5.41, 5.74) is 5.49. The van der Waals surface area contributed by atoms with Crippen molar-refractivity contribution in [2.24, 2.45) is 0 Å². The highest BCUT2D eigenvalue weighted by molar-refractivity contribution is 7.62. The second kappa shape index (κ2) is 10.1. The summed E-state index contributed by atoms with van der Waals surface area (Å²) >= 11 is 0. The molecule has 1 saturated carbocycles. The molecule has 3 aromatic rings. The molecular formula is C27H25FNO5P. The van der Waals surface area contributed by atoms with Gasteiger partial charge >= 0.3 is 5.97 Å². The van der Waals surface area contributed by atoms with E-state index in [1.807, 2.05) is 37.3 Å². The molecule has 0 bridgehead atoms. The average Bonchev–Trinajstić information content (AvgIpc) is 3.63. The van der Waals surface area contributed by atoms with E-state index >= 15 is 0 Å². The molecule has 0 radical (unpaired) electrons. The first kappa shape index (κ1) is 24.7. The molecule has 1 aliphatic carbocycles. The molecular weight excluding hydrogens is 468 g/mol. The lowest BCUT2D eigenvalue weighted by atomic mass is 9.90. The van der Waals surface area contributed by atoms with Crippen molar-refractivity contribution in [2.75, 3.05) is 6.16 Å². The highest BCUT2D eigenvalue weighted by Gasteiger charge is 2.31. The normalized spacial score (nSPS) is 15.2. The Hall–Kier alpha value is -3.41. The number of hydrogen-bond donors (Lipinski definition) is 2. The Bertz CT molecular complexity index is 1350. The molecule has 6 nitrogen and oxygen atoms in total. The third-order valence-corrected chi connectivity index (χ3v) is 7.30. The number of ketones is 1. The zero-order chi connectivity index (χ0) is 25.2. The molecule has 8 heteroatoms. The van der Waals surface area contributed by atoms with Gasteiger partial charge in [-0.15, -0.1) is 0 Å². The number of rotatable bonds is 9. The first-order valence-electron chi connectivity index (χ1n) is 11.2. The van der Waals surface area contributed by atoms with Crippen LogP contribution in [-0.2, 0) is 14.2 Å². The Kier molecular flexibility index (Phi) is 7.10. The minimum absolute atomic E-state index is 0.184. The van der Waals surface area contributed by atoms with Gasteiger partial charge in [-0.2, -0.15) is 0 Å². The molecule has 2 N–H and O–H groups in total. The summed E-state index contributed by atoms with van der Waals surface area (Å²) in [6.45, 7) is 1.91. The van der Waals surface area contributed by atoms with E-state index in [1.165, 1.54) is 18.2 Å². The largest absolute Gasteiger partial charge is 0.481 e. The number of carboxylic acids is 1. The van der Waals surface area contributed by atoms with Crippen LogP contribution in [0.5, 0.6) is 0 Å². The smallest absolute Gasteiger partial charge is 0.310 e. The maximum Gasteiger partial charge on any atom is 0.310 e. The first-order chi connectivity index (χ1) is 16.6. The van der Waals surface area contributed by atoms with Crippen LogP contribution in [0.1, 0.15) is 42.0 Å². The monoisotopic (exact) mass is 493 g/mol. The number of aromatic nitrogens is 1. The second-order valence-corrected chi connectivity index (χ2v) is 10.9. The van der Waals surface area contributed by atoms with E-state index in [0.717, 1.165) is 52.3 Å². The minimum Gasteiger partial charge on any atom is -0.481 e. The Morgan fingerprint density at radius 1 is 1.09 bits per heavy atom. The van der Waals surface area contributed by atoms with Gasteiger partial charge in [-0.25, -0.2) is 4.39 Å². The van der Waals surface area contributed by atoms with Crippen LogP contribution in [0.3, 0.4) is 0 Å². The third-order valence-electron chi connectivity index (χ3n) is 5.88. The summed E-state index contributed by atoms with van der Waals surface area (Å²) in [6.07, 6.45) is 1.81. The average molecular weight is 493 g/mol. The molecule has 0 saturated heterocycles. The summed E-state index contributed by atoms with van der Waals surface area (Å²) in [4.78, 5) is 38.0. The molecule has 1 aliphatic rings. The van der Waals surface area contributed by atoms with Crippen molar-refractivity contribution in [1.29, 1.82) is 0 Å². The van der Waals surface area contributed by atoms with Gasteiger partial charge in [-0.05, 0) is 54.7 Å². The molecule has 0 spiro atoms. The molecule has 0 aliphatic heterocycles. The number of Topliss-reactive ketones (excluding diaryl/α,β-unsaturated/α-hetero) is 1. The highest BCUT2D eigenvalue weighted by atomic mass is 31.2. The number of halogens is 1. The zero-order valence-corrected chi connectivity index (χ0v) is 20.0. The van der Waals surface area contributed by atoms with Gasteiger partial charge in [0, 0.05) is 22.9 Å². The summed E-state index contributed by atoms with van der Waals surface area (Å²) in [5, 5.41) is 8.78. The van der Waals surface area contributed by atoms with Gasteiger partial charge in [0.05, 0.1) is 17.5 Å². The molecule has 1 fully saturated rings. The van der Waals surface area contributed by atoms with E-state index in [9.17, 15) is 23.4 Å². The van der Waals surface area contributed by atoms with Crippen LogP contribution >= 0.6 is 7.37 Å². The van der Waals surface area contributed by atoms with Crippen molar-refractivity contribution < 1.29 is 28.5 Å². The fraction of sp³-hybridized carbons (Fsp3) is 0.222. The summed E-state index contributed by atoms with van der Waals surface area (Å²) in [7, 11) is -4.09. The van der Waals surface area contributed by atoms with E-state index in [0.29, 0.717) is 5.56 Å². The number of nitrogens with zero attached hydrogens (tertiary/aromatic N) is 1. The van der Waals surface area contributed by atoms with Gasteiger partial charge in [0.2, 0.25) is 7.37 Å². The van der Waals surface area contributed by atoms with E-state index in [-0.39, 0.29) is 11.7 Å².